The first-order chi connectivity index (χ1) is 22.6. The van der Waals surface area contributed by atoms with E-state index in [2.05, 4.69) is 60.6 Å². The highest BCUT2D eigenvalue weighted by Crippen LogP contribution is 2.61. The number of nitrogens with zero attached hydrogens (tertiary/aromatic N) is 2. The normalized spacial score (nSPS) is 34.3. The molecule has 2 bridgehead atoms. The highest BCUT2D eigenvalue weighted by Gasteiger charge is 2.57. The number of piperidine rings is 1. The molecule has 3 saturated carbocycles. The lowest BCUT2D eigenvalue weighted by atomic mass is 9.45. The zero-order valence-electron chi connectivity index (χ0n) is 28.7. The minimum Gasteiger partial charge on any atom is -0.394 e. The third kappa shape index (κ3) is 7.25. The molecule has 258 valence electrons. The Morgan fingerprint density at radius 1 is 1.15 bits per heavy atom. The lowest BCUT2D eigenvalue weighted by Gasteiger charge is -2.62. The molecule has 2 aliphatic heterocycles. The van der Waals surface area contributed by atoms with Crippen LogP contribution >= 0.6 is 0 Å². The summed E-state index contributed by atoms with van der Waals surface area (Å²) in [5.74, 6) is 0.902. The second-order valence-electron chi connectivity index (χ2n) is 15.5. The summed E-state index contributed by atoms with van der Waals surface area (Å²) in [5, 5.41) is 29.1. The monoisotopic (exact) mass is 648 g/mol. The predicted molar refractivity (Wildman–Crippen MR) is 182 cm³/mol. The minimum absolute atomic E-state index is 0.0363. The van der Waals surface area contributed by atoms with Crippen LogP contribution in [0.5, 0.6) is 0 Å². The molecular formula is C38H56N4O5. The summed E-state index contributed by atoms with van der Waals surface area (Å²) < 4.78 is 0. The van der Waals surface area contributed by atoms with Crippen molar-refractivity contribution in [2.24, 2.45) is 29.1 Å². The quantitative estimate of drug-likeness (QED) is 0.288. The summed E-state index contributed by atoms with van der Waals surface area (Å²) in [4.78, 5) is 35.7. The number of carbonyl (C=O) groups excluding carboxylic acids is 2. The number of aliphatic hydroxyl groups is 2. The van der Waals surface area contributed by atoms with Gasteiger partial charge in [-0.05, 0) is 86.4 Å². The molecule has 4 N–H and O–H groups in total. The van der Waals surface area contributed by atoms with Gasteiger partial charge in [0, 0.05) is 36.5 Å². The second-order valence-corrected chi connectivity index (χ2v) is 15.5. The van der Waals surface area contributed by atoms with E-state index in [1.165, 1.54) is 25.7 Å². The third-order valence-corrected chi connectivity index (χ3v) is 12.3. The van der Waals surface area contributed by atoms with Crippen molar-refractivity contribution in [3.63, 3.8) is 0 Å². The maximum atomic E-state index is 14.0. The molecule has 5 fully saturated rings. The Labute approximate surface area is 280 Å². The minimum atomic E-state index is -0.834. The average molecular weight is 649 g/mol. The lowest BCUT2D eigenvalue weighted by Crippen LogP contribution is -2.62. The maximum absolute atomic E-state index is 14.0. The van der Waals surface area contributed by atoms with Crippen molar-refractivity contribution in [3.8, 4) is 0 Å². The van der Waals surface area contributed by atoms with E-state index in [1.54, 1.807) is 12.0 Å². The smallest absolute Gasteiger partial charge is 0.251 e. The van der Waals surface area contributed by atoms with E-state index >= 15 is 0 Å². The molecule has 2 saturated heterocycles. The van der Waals surface area contributed by atoms with Gasteiger partial charge in [-0.15, -0.1) is 0 Å². The Morgan fingerprint density at radius 2 is 1.94 bits per heavy atom. The average Bonchev–Trinajstić information content (AvgIpc) is 3.44. The van der Waals surface area contributed by atoms with Gasteiger partial charge in [-0.1, -0.05) is 69.7 Å². The van der Waals surface area contributed by atoms with Gasteiger partial charge in [0.2, 0.25) is 5.91 Å². The van der Waals surface area contributed by atoms with E-state index in [0.717, 1.165) is 43.6 Å². The number of hydroxylamine groups is 2. The van der Waals surface area contributed by atoms with Crippen LogP contribution < -0.4 is 10.6 Å². The summed E-state index contributed by atoms with van der Waals surface area (Å²) in [6.07, 6.45) is 11.3. The van der Waals surface area contributed by atoms with Crippen LogP contribution in [0.15, 0.2) is 48.1 Å². The number of hydrogen-bond acceptors (Lipinski definition) is 7. The Balaban J connectivity index is 1.12. The molecule has 4 aliphatic carbocycles. The number of fused-ring (bicyclic) bond motifs is 2. The van der Waals surface area contributed by atoms with Gasteiger partial charge in [-0.3, -0.25) is 14.4 Å². The number of allylic oxidation sites excluding steroid dienone is 2. The highest BCUT2D eigenvalue weighted by atomic mass is 16.7. The maximum Gasteiger partial charge on any atom is 0.251 e. The van der Waals surface area contributed by atoms with Crippen LogP contribution in [0, 0.1) is 29.1 Å². The van der Waals surface area contributed by atoms with Gasteiger partial charge in [0.1, 0.15) is 12.1 Å². The van der Waals surface area contributed by atoms with Crippen molar-refractivity contribution < 1.29 is 24.6 Å². The fraction of sp³-hybridized carbons (Fsp3) is 0.684. The van der Waals surface area contributed by atoms with E-state index in [9.17, 15) is 19.8 Å². The van der Waals surface area contributed by atoms with Crippen molar-refractivity contribution in [2.75, 3.05) is 32.8 Å². The number of hydrogen-bond donors (Lipinski definition) is 4. The molecule has 9 atom stereocenters. The molecule has 0 radical (unpaired) electrons. The summed E-state index contributed by atoms with van der Waals surface area (Å²) in [6, 6.07) is 7.58. The van der Waals surface area contributed by atoms with Crippen molar-refractivity contribution in [1.82, 2.24) is 20.6 Å². The Hall–Kier alpha value is -2.56. The topological polar surface area (TPSA) is 114 Å². The summed E-state index contributed by atoms with van der Waals surface area (Å²) in [7, 11) is 0. The molecule has 47 heavy (non-hydrogen) atoms. The number of aliphatic hydroxyl groups excluding tert-OH is 2. The Kier molecular flexibility index (Phi) is 10.6. The molecule has 2 heterocycles. The van der Waals surface area contributed by atoms with E-state index in [-0.39, 0.29) is 30.4 Å². The first-order valence-corrected chi connectivity index (χ1v) is 18.1. The zero-order chi connectivity index (χ0) is 33.3. The Morgan fingerprint density at radius 3 is 2.64 bits per heavy atom. The molecule has 2 amide bonds. The van der Waals surface area contributed by atoms with Gasteiger partial charge in [0.25, 0.3) is 5.91 Å². The molecule has 0 aromatic heterocycles. The van der Waals surface area contributed by atoms with Crippen LogP contribution in [0.25, 0.3) is 0 Å². The van der Waals surface area contributed by atoms with Gasteiger partial charge in [-0.2, -0.15) is 5.06 Å². The van der Waals surface area contributed by atoms with Gasteiger partial charge < -0.3 is 25.7 Å². The number of amides is 2. The Bertz CT molecular complexity index is 1340. The molecule has 1 unspecified atom stereocenters. The van der Waals surface area contributed by atoms with Crippen molar-refractivity contribution >= 4 is 11.8 Å². The summed E-state index contributed by atoms with van der Waals surface area (Å²) >= 11 is 0. The van der Waals surface area contributed by atoms with Crippen LogP contribution in [0.4, 0.5) is 0 Å². The summed E-state index contributed by atoms with van der Waals surface area (Å²) in [6.45, 7) is 12.4. The van der Waals surface area contributed by atoms with Gasteiger partial charge >= 0.3 is 0 Å². The summed E-state index contributed by atoms with van der Waals surface area (Å²) in [5.41, 5.74) is 3.06. The van der Waals surface area contributed by atoms with Gasteiger partial charge in [0.15, 0.2) is 0 Å². The van der Waals surface area contributed by atoms with Crippen LogP contribution in [-0.2, 0) is 21.0 Å². The predicted octanol–water partition coefficient (Wildman–Crippen LogP) is 3.92. The molecule has 9 nitrogen and oxygen atoms in total. The number of carbonyl (C=O) groups is 2. The second kappa shape index (κ2) is 14.5. The number of rotatable bonds is 11. The highest BCUT2D eigenvalue weighted by molar-refractivity contribution is 5.96. The van der Waals surface area contributed by atoms with Gasteiger partial charge in [0.05, 0.1) is 19.3 Å². The SMILES string of the molecule is C[C@@H]1[C@@H](NC(=O)[C@@H]2[C@H]([C@H](C)O)[C@H](CO)ON2Cc2cccc(C3C=C(C(=O)NCCN4CCCCC4)C=CC3)c2)C[C@H]2C[C@@H]1C2(C)C. The zero-order valence-corrected chi connectivity index (χ0v) is 28.7. The first kappa shape index (κ1) is 34.3. The standard InChI is InChI=1S/C38H56N4O5/c1-24-31-20-30(38(31,3)4)21-32(24)40-37(46)35-34(25(2)44)33(23-43)47-42(35)22-26-10-8-11-27(18-26)28-12-9-13-29(19-28)36(45)39-14-17-41-15-6-5-7-16-41/h8-11,13,18-19,24-25,28,30-35,43-44H,5-7,12,14-17,20-23H2,1-4H3,(H,39,45)(H,40,46)/t24-,25-,28?,30+,31-,32-,33-,34+,35-/m0/s1. The van der Waals surface area contributed by atoms with Gasteiger partial charge in [-0.25, -0.2) is 0 Å². The van der Waals surface area contributed by atoms with Crippen molar-refractivity contribution in [1.29, 1.82) is 0 Å². The van der Waals surface area contributed by atoms with Crippen LogP contribution in [0.1, 0.15) is 83.3 Å². The van der Waals surface area contributed by atoms with Crippen molar-refractivity contribution in [2.45, 2.75) is 103 Å². The van der Waals surface area contributed by atoms with E-state index < -0.39 is 24.2 Å². The van der Waals surface area contributed by atoms with Crippen LogP contribution in [-0.4, -0.2) is 89.1 Å². The van der Waals surface area contributed by atoms with Crippen molar-refractivity contribution in [3.05, 3.63) is 59.2 Å². The van der Waals surface area contributed by atoms with Crippen LogP contribution in [0.3, 0.4) is 0 Å². The fourth-order valence-corrected chi connectivity index (χ4v) is 9.26. The number of likely N-dealkylation sites (tertiary alicyclic amines) is 1. The molecule has 9 heteroatoms. The van der Waals surface area contributed by atoms with E-state index in [4.69, 9.17) is 4.84 Å². The number of nitrogens with one attached hydrogen (secondary N) is 2. The molecule has 0 spiro atoms. The fourth-order valence-electron chi connectivity index (χ4n) is 9.26. The van der Waals surface area contributed by atoms with Crippen LogP contribution in [0.2, 0.25) is 0 Å². The lowest BCUT2D eigenvalue weighted by molar-refractivity contribution is -0.183. The molecule has 7 rings (SSSR count). The molecular weight excluding hydrogens is 592 g/mol. The largest absolute Gasteiger partial charge is 0.394 e. The van der Waals surface area contributed by atoms with E-state index in [0.29, 0.717) is 41.8 Å². The third-order valence-electron chi connectivity index (χ3n) is 12.3. The number of benzene rings is 1. The molecule has 1 aromatic carbocycles. The molecule has 6 aliphatic rings. The first-order valence-electron chi connectivity index (χ1n) is 18.1. The molecule has 1 aromatic rings. The van der Waals surface area contributed by atoms with E-state index in [1.807, 2.05) is 18.2 Å².